The van der Waals surface area contributed by atoms with Crippen LogP contribution in [0.3, 0.4) is 0 Å². The maximum Gasteiger partial charge on any atom is 0.349 e. The Bertz CT molecular complexity index is 416. The minimum atomic E-state index is -0.514. The number of hydrogen-bond donors (Lipinski definition) is 0. The van der Waals surface area contributed by atoms with E-state index in [2.05, 4.69) is 0 Å². The summed E-state index contributed by atoms with van der Waals surface area (Å²) in [5.74, 6) is -0.514. The van der Waals surface area contributed by atoms with Gasteiger partial charge in [-0.1, -0.05) is 11.6 Å². The third kappa shape index (κ3) is 5.27. The minimum Gasteiger partial charge on any atom is -0.461 e. The standard InChI is InChI=1S/C15H21NO3/c1-3-18-8-5-9-19-15(17)14(11-16)13-7-4-6-12(2)10-13/h10H,3-9H2,1-2H3/b14-13-. The summed E-state index contributed by atoms with van der Waals surface area (Å²) >= 11 is 0. The number of carbonyl (C=O) groups is 1. The predicted molar refractivity (Wildman–Crippen MR) is 72.3 cm³/mol. The van der Waals surface area contributed by atoms with E-state index < -0.39 is 5.97 Å². The lowest BCUT2D eigenvalue weighted by Crippen LogP contribution is -2.12. The fourth-order valence-corrected chi connectivity index (χ4v) is 1.99. The van der Waals surface area contributed by atoms with Crippen molar-refractivity contribution < 1.29 is 14.3 Å². The number of ether oxygens (including phenoxy) is 2. The first-order valence-corrected chi connectivity index (χ1v) is 6.74. The van der Waals surface area contributed by atoms with Gasteiger partial charge in [0.15, 0.2) is 0 Å². The van der Waals surface area contributed by atoms with E-state index >= 15 is 0 Å². The van der Waals surface area contributed by atoms with Gasteiger partial charge >= 0.3 is 5.97 Å². The zero-order chi connectivity index (χ0) is 14.1. The molecule has 0 saturated carbocycles. The summed E-state index contributed by atoms with van der Waals surface area (Å²) < 4.78 is 10.3. The summed E-state index contributed by atoms with van der Waals surface area (Å²) in [5.41, 5.74) is 2.16. The Morgan fingerprint density at radius 3 is 2.84 bits per heavy atom. The second-order valence-electron chi connectivity index (χ2n) is 4.54. The summed E-state index contributed by atoms with van der Waals surface area (Å²) in [6, 6.07) is 1.97. The van der Waals surface area contributed by atoms with Gasteiger partial charge in [-0.05, 0) is 38.7 Å². The highest BCUT2D eigenvalue weighted by atomic mass is 16.5. The minimum absolute atomic E-state index is 0.149. The Kier molecular flexibility index (Phi) is 6.91. The van der Waals surface area contributed by atoms with Gasteiger partial charge < -0.3 is 9.47 Å². The van der Waals surface area contributed by atoms with Crippen LogP contribution in [0, 0.1) is 11.3 Å². The summed E-state index contributed by atoms with van der Waals surface area (Å²) in [7, 11) is 0. The van der Waals surface area contributed by atoms with E-state index in [1.807, 2.05) is 26.0 Å². The van der Waals surface area contributed by atoms with E-state index in [1.54, 1.807) is 0 Å². The van der Waals surface area contributed by atoms with Crippen LogP contribution in [0.15, 0.2) is 22.8 Å². The SMILES string of the molecule is CCOCCCOC(=O)/C(C#N)=C1\C=C(C)CCC1. The van der Waals surface area contributed by atoms with Crippen LogP contribution in [0.25, 0.3) is 0 Å². The van der Waals surface area contributed by atoms with Crippen molar-refractivity contribution in [1.82, 2.24) is 0 Å². The van der Waals surface area contributed by atoms with Crippen LogP contribution in [-0.4, -0.2) is 25.8 Å². The quantitative estimate of drug-likeness (QED) is 0.320. The van der Waals surface area contributed by atoms with Gasteiger partial charge in [-0.3, -0.25) is 0 Å². The van der Waals surface area contributed by atoms with Gasteiger partial charge in [-0.2, -0.15) is 5.26 Å². The van der Waals surface area contributed by atoms with Crippen molar-refractivity contribution >= 4 is 5.97 Å². The van der Waals surface area contributed by atoms with Crippen LogP contribution in [-0.2, 0) is 14.3 Å². The second kappa shape index (κ2) is 8.49. The highest BCUT2D eigenvalue weighted by molar-refractivity contribution is 5.94. The van der Waals surface area contributed by atoms with Crippen molar-refractivity contribution in [2.24, 2.45) is 0 Å². The maximum atomic E-state index is 11.8. The van der Waals surface area contributed by atoms with E-state index in [1.165, 1.54) is 5.57 Å². The van der Waals surface area contributed by atoms with Gasteiger partial charge in [0.1, 0.15) is 11.6 Å². The molecule has 0 aromatic heterocycles. The Balaban J connectivity index is 2.55. The molecule has 0 aromatic rings. The molecule has 1 rings (SSSR count). The van der Waals surface area contributed by atoms with Crippen molar-refractivity contribution in [2.45, 2.75) is 39.5 Å². The molecule has 0 bridgehead atoms. The lowest BCUT2D eigenvalue weighted by molar-refractivity contribution is -0.139. The summed E-state index contributed by atoms with van der Waals surface area (Å²) in [4.78, 5) is 11.8. The first-order chi connectivity index (χ1) is 9.19. The van der Waals surface area contributed by atoms with Crippen molar-refractivity contribution in [3.05, 3.63) is 22.8 Å². The summed E-state index contributed by atoms with van der Waals surface area (Å²) in [6.45, 7) is 5.45. The molecule has 104 valence electrons. The third-order valence-corrected chi connectivity index (χ3v) is 2.95. The summed E-state index contributed by atoms with van der Waals surface area (Å²) in [6.07, 6.45) is 5.38. The van der Waals surface area contributed by atoms with Crippen molar-refractivity contribution in [3.63, 3.8) is 0 Å². The smallest absolute Gasteiger partial charge is 0.349 e. The van der Waals surface area contributed by atoms with Crippen LogP contribution < -0.4 is 0 Å². The Hall–Kier alpha value is -1.60. The van der Waals surface area contributed by atoms with Gasteiger partial charge in [0, 0.05) is 19.6 Å². The largest absolute Gasteiger partial charge is 0.461 e. The molecule has 0 radical (unpaired) electrons. The Morgan fingerprint density at radius 2 is 2.21 bits per heavy atom. The van der Waals surface area contributed by atoms with Crippen LogP contribution in [0.5, 0.6) is 0 Å². The van der Waals surface area contributed by atoms with Gasteiger partial charge in [-0.25, -0.2) is 4.79 Å². The molecule has 0 N–H and O–H groups in total. The molecule has 0 unspecified atom stereocenters. The molecule has 0 spiro atoms. The molecule has 0 saturated heterocycles. The first kappa shape index (κ1) is 15.5. The number of esters is 1. The molecule has 19 heavy (non-hydrogen) atoms. The normalized spacial score (nSPS) is 17.4. The monoisotopic (exact) mass is 263 g/mol. The second-order valence-corrected chi connectivity index (χ2v) is 4.54. The molecule has 1 aliphatic carbocycles. The maximum absolute atomic E-state index is 11.8. The first-order valence-electron chi connectivity index (χ1n) is 6.74. The van der Waals surface area contributed by atoms with Crippen molar-refractivity contribution in [1.29, 1.82) is 5.26 Å². The topological polar surface area (TPSA) is 59.3 Å². The van der Waals surface area contributed by atoms with Gasteiger partial charge in [0.25, 0.3) is 0 Å². The number of nitriles is 1. The lowest BCUT2D eigenvalue weighted by Gasteiger charge is -2.13. The van der Waals surface area contributed by atoms with Gasteiger partial charge in [0.05, 0.1) is 6.61 Å². The number of carbonyl (C=O) groups excluding carboxylic acids is 1. The molecular weight excluding hydrogens is 242 g/mol. The van der Waals surface area contributed by atoms with Crippen LogP contribution in [0.1, 0.15) is 39.5 Å². The lowest BCUT2D eigenvalue weighted by atomic mass is 9.93. The van der Waals surface area contributed by atoms with Crippen LogP contribution >= 0.6 is 0 Å². The van der Waals surface area contributed by atoms with Crippen LogP contribution in [0.4, 0.5) is 0 Å². The number of rotatable bonds is 6. The van der Waals surface area contributed by atoms with E-state index in [0.29, 0.717) is 26.2 Å². The molecule has 0 aliphatic heterocycles. The van der Waals surface area contributed by atoms with Gasteiger partial charge in [0.2, 0.25) is 0 Å². The molecule has 4 nitrogen and oxygen atoms in total. The Labute approximate surface area is 114 Å². The zero-order valence-corrected chi connectivity index (χ0v) is 11.7. The molecule has 0 heterocycles. The van der Waals surface area contributed by atoms with E-state index in [0.717, 1.165) is 24.8 Å². The highest BCUT2D eigenvalue weighted by Gasteiger charge is 2.17. The average molecular weight is 263 g/mol. The average Bonchev–Trinajstić information content (AvgIpc) is 2.39. The fourth-order valence-electron chi connectivity index (χ4n) is 1.99. The zero-order valence-electron chi connectivity index (χ0n) is 11.7. The summed E-state index contributed by atoms with van der Waals surface area (Å²) in [5, 5.41) is 9.11. The molecule has 0 amide bonds. The molecular formula is C15H21NO3. The van der Waals surface area contributed by atoms with E-state index in [-0.39, 0.29) is 5.57 Å². The van der Waals surface area contributed by atoms with E-state index in [9.17, 15) is 4.79 Å². The molecule has 0 aromatic carbocycles. The van der Waals surface area contributed by atoms with Crippen molar-refractivity contribution in [3.8, 4) is 6.07 Å². The highest BCUT2D eigenvalue weighted by Crippen LogP contribution is 2.24. The molecule has 0 atom stereocenters. The third-order valence-electron chi connectivity index (χ3n) is 2.95. The number of allylic oxidation sites excluding steroid dienone is 3. The fraction of sp³-hybridized carbons (Fsp3) is 0.600. The van der Waals surface area contributed by atoms with E-state index in [4.69, 9.17) is 14.7 Å². The molecule has 1 aliphatic rings. The predicted octanol–water partition coefficient (Wildman–Crippen LogP) is 2.91. The molecule has 4 heteroatoms. The van der Waals surface area contributed by atoms with Crippen LogP contribution in [0.2, 0.25) is 0 Å². The van der Waals surface area contributed by atoms with Gasteiger partial charge in [-0.15, -0.1) is 0 Å². The Morgan fingerprint density at radius 1 is 1.42 bits per heavy atom. The number of hydrogen-bond acceptors (Lipinski definition) is 4. The van der Waals surface area contributed by atoms with Crippen molar-refractivity contribution in [2.75, 3.05) is 19.8 Å². The number of nitrogens with zero attached hydrogens (tertiary/aromatic N) is 1. The molecule has 0 fully saturated rings.